The summed E-state index contributed by atoms with van der Waals surface area (Å²) in [5.41, 5.74) is -1.64. The number of carbonyl (C=O) groups excluding carboxylic acids is 3. The van der Waals surface area contributed by atoms with E-state index in [2.05, 4.69) is 33.9 Å². The monoisotopic (exact) mass is 654 g/mol. The molecule has 248 valence electrons. The van der Waals surface area contributed by atoms with Gasteiger partial charge in [-0.05, 0) is 20.8 Å². The van der Waals surface area contributed by atoms with Crippen molar-refractivity contribution >= 4 is 17.9 Å². The van der Waals surface area contributed by atoms with Crippen molar-refractivity contribution in [1.82, 2.24) is 0 Å². The standard InChI is InChI=1S/C24H26F12O7/c1-11(2)16(38)41-10-15(43-18(40)13(5)6)8-20(27,28)22(31,32)24(35,36)23(33,34)21(29,30)19(25,26)7-14(9-37)42-17(39)12(3)4/h14-15,37H,1,3,5,7-10H2,2,4,6H3. The average molecular weight is 654 g/mol. The highest BCUT2D eigenvalue weighted by Gasteiger charge is 2.90. The van der Waals surface area contributed by atoms with Gasteiger partial charge in [0.05, 0.1) is 19.4 Å². The van der Waals surface area contributed by atoms with Gasteiger partial charge in [0.2, 0.25) is 0 Å². The highest BCUT2D eigenvalue weighted by Crippen LogP contribution is 2.61. The number of rotatable bonds is 17. The van der Waals surface area contributed by atoms with Crippen molar-refractivity contribution in [3.05, 3.63) is 36.5 Å². The fourth-order valence-corrected chi connectivity index (χ4v) is 2.76. The number of aliphatic hydroxyl groups excluding tert-OH is 1. The summed E-state index contributed by atoms with van der Waals surface area (Å²) in [4.78, 5) is 34.5. The van der Waals surface area contributed by atoms with Crippen LogP contribution in [0.25, 0.3) is 0 Å². The SMILES string of the molecule is C=C(C)C(=O)OCC(CC(F)(F)C(F)(F)C(F)(F)C(F)(F)C(F)(F)C(F)(F)CC(CO)OC(=O)C(=C)C)OC(=O)C(=C)C. The minimum atomic E-state index is -7.98. The van der Waals surface area contributed by atoms with Gasteiger partial charge in [-0.3, -0.25) is 0 Å². The van der Waals surface area contributed by atoms with E-state index in [1.54, 1.807) is 0 Å². The molecule has 43 heavy (non-hydrogen) atoms. The van der Waals surface area contributed by atoms with E-state index in [0.717, 1.165) is 20.8 Å². The van der Waals surface area contributed by atoms with E-state index >= 15 is 0 Å². The fraction of sp³-hybridized carbons (Fsp3) is 0.625. The van der Waals surface area contributed by atoms with E-state index in [1.165, 1.54) is 0 Å². The second-order valence-corrected chi connectivity index (χ2v) is 9.29. The first-order valence-electron chi connectivity index (χ1n) is 11.5. The number of alkyl halides is 12. The molecule has 7 nitrogen and oxygen atoms in total. The third-order valence-corrected chi connectivity index (χ3v) is 5.27. The smallest absolute Gasteiger partial charge is 0.384 e. The summed E-state index contributed by atoms with van der Waals surface area (Å²) in [6, 6.07) is 0. The van der Waals surface area contributed by atoms with Crippen LogP contribution in [-0.4, -0.2) is 84.0 Å². The molecule has 0 aliphatic rings. The Labute approximate surface area is 236 Å². The van der Waals surface area contributed by atoms with Crippen LogP contribution in [0.4, 0.5) is 52.7 Å². The molecule has 0 amide bonds. The van der Waals surface area contributed by atoms with E-state index in [1.807, 2.05) is 0 Å². The maximum Gasteiger partial charge on any atom is 0.384 e. The predicted molar refractivity (Wildman–Crippen MR) is 121 cm³/mol. The molecule has 0 radical (unpaired) electrons. The van der Waals surface area contributed by atoms with E-state index in [9.17, 15) is 67.1 Å². The highest BCUT2D eigenvalue weighted by molar-refractivity contribution is 5.88. The van der Waals surface area contributed by atoms with Crippen molar-refractivity contribution in [3.63, 3.8) is 0 Å². The van der Waals surface area contributed by atoms with E-state index < -0.39 is 108 Å². The molecule has 2 unspecified atom stereocenters. The van der Waals surface area contributed by atoms with Gasteiger partial charge >= 0.3 is 53.4 Å². The molecule has 0 saturated carbocycles. The molecular weight excluding hydrogens is 628 g/mol. The zero-order chi connectivity index (χ0) is 34.6. The Morgan fingerprint density at radius 2 is 0.884 bits per heavy atom. The molecule has 0 fully saturated rings. The second kappa shape index (κ2) is 13.6. The first kappa shape index (κ1) is 39.8. The minimum Gasteiger partial charge on any atom is -0.458 e. The van der Waals surface area contributed by atoms with Crippen molar-refractivity contribution in [1.29, 1.82) is 0 Å². The van der Waals surface area contributed by atoms with Crippen LogP contribution in [0.3, 0.4) is 0 Å². The van der Waals surface area contributed by atoms with Crippen LogP contribution in [0.1, 0.15) is 33.6 Å². The summed E-state index contributed by atoms with van der Waals surface area (Å²) in [6.07, 6.45) is -11.4. The van der Waals surface area contributed by atoms with Crippen molar-refractivity contribution in [3.8, 4) is 0 Å². The van der Waals surface area contributed by atoms with Gasteiger partial charge < -0.3 is 19.3 Å². The number of halogens is 12. The molecule has 0 aromatic heterocycles. The Balaban J connectivity index is 6.50. The number of aliphatic hydroxyl groups is 1. The molecule has 2 atom stereocenters. The molecule has 0 aromatic rings. The molecule has 19 heteroatoms. The molecule has 0 bridgehead atoms. The lowest BCUT2D eigenvalue weighted by Crippen LogP contribution is -2.71. The van der Waals surface area contributed by atoms with E-state index in [0.29, 0.717) is 0 Å². The van der Waals surface area contributed by atoms with Crippen LogP contribution in [0.2, 0.25) is 0 Å². The maximum atomic E-state index is 14.5. The molecule has 0 rings (SSSR count). The van der Waals surface area contributed by atoms with Crippen LogP contribution in [0, 0.1) is 0 Å². The molecule has 0 aliphatic heterocycles. The van der Waals surface area contributed by atoms with Gasteiger partial charge in [0, 0.05) is 16.7 Å². The zero-order valence-electron chi connectivity index (χ0n) is 22.5. The Hall–Kier alpha value is -3.25. The third kappa shape index (κ3) is 8.44. The largest absolute Gasteiger partial charge is 0.458 e. The van der Waals surface area contributed by atoms with Gasteiger partial charge in [-0.25, -0.2) is 14.4 Å². The quantitative estimate of drug-likeness (QED) is 0.0935. The third-order valence-electron chi connectivity index (χ3n) is 5.27. The lowest BCUT2D eigenvalue weighted by atomic mass is 9.88. The molecule has 0 saturated heterocycles. The summed E-state index contributed by atoms with van der Waals surface area (Å²) < 4.78 is 185. The Morgan fingerprint density at radius 3 is 1.19 bits per heavy atom. The van der Waals surface area contributed by atoms with Crippen LogP contribution < -0.4 is 0 Å². The topological polar surface area (TPSA) is 99.1 Å². The van der Waals surface area contributed by atoms with Gasteiger partial charge in [-0.1, -0.05) is 19.7 Å². The van der Waals surface area contributed by atoms with E-state index in [-0.39, 0.29) is 0 Å². The summed E-state index contributed by atoms with van der Waals surface area (Å²) >= 11 is 0. The van der Waals surface area contributed by atoms with Crippen molar-refractivity contribution in [2.24, 2.45) is 0 Å². The van der Waals surface area contributed by atoms with Gasteiger partial charge in [0.15, 0.2) is 0 Å². The molecule has 0 aliphatic carbocycles. The highest BCUT2D eigenvalue weighted by atomic mass is 19.4. The first-order chi connectivity index (χ1) is 19.0. The van der Waals surface area contributed by atoms with E-state index in [4.69, 9.17) is 5.11 Å². The van der Waals surface area contributed by atoms with Crippen LogP contribution in [0.5, 0.6) is 0 Å². The van der Waals surface area contributed by atoms with Gasteiger partial charge in [-0.2, -0.15) is 52.7 Å². The molecule has 0 heterocycles. The van der Waals surface area contributed by atoms with Crippen LogP contribution in [-0.2, 0) is 28.6 Å². The second-order valence-electron chi connectivity index (χ2n) is 9.29. The van der Waals surface area contributed by atoms with Gasteiger partial charge in [0.1, 0.15) is 18.8 Å². The summed E-state index contributed by atoms with van der Waals surface area (Å²) in [5, 5.41) is 8.96. The van der Waals surface area contributed by atoms with Crippen LogP contribution >= 0.6 is 0 Å². The molecular formula is C24H26F12O7. The van der Waals surface area contributed by atoms with Crippen LogP contribution in [0.15, 0.2) is 36.5 Å². The van der Waals surface area contributed by atoms with Gasteiger partial charge in [-0.15, -0.1) is 0 Å². The summed E-state index contributed by atoms with van der Waals surface area (Å²) in [7, 11) is 0. The Morgan fingerprint density at radius 1 is 0.581 bits per heavy atom. The first-order valence-corrected chi connectivity index (χ1v) is 11.5. The minimum absolute atomic E-state index is 0.436. The fourth-order valence-electron chi connectivity index (χ4n) is 2.76. The normalized spacial score (nSPS) is 14.8. The average Bonchev–Trinajstić information content (AvgIpc) is 2.85. The Bertz CT molecular complexity index is 1100. The number of hydrogen-bond acceptors (Lipinski definition) is 7. The van der Waals surface area contributed by atoms with Crippen molar-refractivity contribution in [2.75, 3.05) is 13.2 Å². The van der Waals surface area contributed by atoms with Crippen molar-refractivity contribution < 1.29 is 86.4 Å². The number of esters is 3. The zero-order valence-corrected chi connectivity index (χ0v) is 22.5. The Kier molecular flexibility index (Phi) is 12.6. The number of carbonyl (C=O) groups is 3. The summed E-state index contributed by atoms with van der Waals surface area (Å²) in [6.45, 7) is 8.38. The lowest BCUT2D eigenvalue weighted by molar-refractivity contribution is -0.427. The van der Waals surface area contributed by atoms with Gasteiger partial charge in [0.25, 0.3) is 0 Å². The maximum absolute atomic E-state index is 14.5. The molecule has 0 spiro atoms. The molecule has 1 N–H and O–H groups in total. The predicted octanol–water partition coefficient (Wildman–Crippen LogP) is 5.67. The molecule has 0 aromatic carbocycles. The van der Waals surface area contributed by atoms with Crippen molar-refractivity contribution in [2.45, 2.75) is 81.4 Å². The number of hydrogen-bond donors (Lipinski definition) is 1. The lowest BCUT2D eigenvalue weighted by Gasteiger charge is -2.42. The number of ether oxygens (including phenoxy) is 3. The summed E-state index contributed by atoms with van der Waals surface area (Å²) in [5.74, 6) is -48.9.